The van der Waals surface area contributed by atoms with Crippen molar-refractivity contribution in [3.63, 3.8) is 0 Å². The summed E-state index contributed by atoms with van der Waals surface area (Å²) >= 11 is 5.96. The smallest absolute Gasteiger partial charge is 0.321 e. The van der Waals surface area contributed by atoms with Gasteiger partial charge in [0.25, 0.3) is 0 Å². The second-order valence-corrected chi connectivity index (χ2v) is 7.79. The number of hydrogen-bond donors (Lipinski definition) is 1. The summed E-state index contributed by atoms with van der Waals surface area (Å²) in [7, 11) is 0. The predicted octanol–water partition coefficient (Wildman–Crippen LogP) is 5.50. The second-order valence-electron chi connectivity index (χ2n) is 7.35. The zero-order valence-electron chi connectivity index (χ0n) is 17.8. The first kappa shape index (κ1) is 21.5. The number of carbonyl (C=O) groups is 1. The molecule has 1 N–H and O–H groups in total. The Morgan fingerprint density at radius 2 is 1.35 bits per heavy atom. The molecule has 0 spiro atoms. The van der Waals surface area contributed by atoms with Gasteiger partial charge in [0.2, 0.25) is 0 Å². The molecule has 1 amide bonds. The molecule has 4 aromatic carbocycles. The maximum absolute atomic E-state index is 13.1. The lowest BCUT2D eigenvalue weighted by molar-refractivity contribution is -0.134. The molecular weight excluding hydrogens is 452 g/mol. The van der Waals surface area contributed by atoms with Crippen LogP contribution in [0.4, 0.5) is 5.69 Å². The first-order valence-electron chi connectivity index (χ1n) is 10.5. The molecule has 0 aliphatic rings. The van der Waals surface area contributed by atoms with Gasteiger partial charge < -0.3 is 14.8 Å². The van der Waals surface area contributed by atoms with Crippen LogP contribution in [0, 0.1) is 0 Å². The number of fused-ring (bicyclic) bond motifs is 1. The highest BCUT2D eigenvalue weighted by atomic mass is 35.5. The number of halogens is 1. The Hall–Kier alpha value is -4.36. The van der Waals surface area contributed by atoms with Crippen molar-refractivity contribution in [1.29, 1.82) is 0 Å². The number of anilines is 1. The summed E-state index contributed by atoms with van der Waals surface area (Å²) in [6, 6.07) is 30.6. The van der Waals surface area contributed by atoms with Crippen LogP contribution in [0.3, 0.4) is 0 Å². The summed E-state index contributed by atoms with van der Waals surface area (Å²) in [5.74, 6) is 0.567. The third kappa shape index (κ3) is 5.00. The number of para-hydroxylation sites is 2. The zero-order chi connectivity index (χ0) is 23.3. The third-order valence-electron chi connectivity index (χ3n) is 4.89. The molecule has 0 unspecified atom stereocenters. The van der Waals surface area contributed by atoms with Crippen molar-refractivity contribution in [1.82, 2.24) is 15.0 Å². The fourth-order valence-corrected chi connectivity index (χ4v) is 3.39. The predicted molar refractivity (Wildman–Crippen MR) is 130 cm³/mol. The number of rotatable bonds is 7. The van der Waals surface area contributed by atoms with Crippen molar-refractivity contribution >= 4 is 34.2 Å². The van der Waals surface area contributed by atoms with Crippen LogP contribution in [0.1, 0.15) is 0 Å². The minimum absolute atomic E-state index is 0.461. The second kappa shape index (κ2) is 9.64. The van der Waals surface area contributed by atoms with Crippen LogP contribution in [0.5, 0.6) is 11.5 Å². The molecule has 1 aromatic heterocycles. The summed E-state index contributed by atoms with van der Waals surface area (Å²) in [6.07, 6.45) is -1.20. The van der Waals surface area contributed by atoms with E-state index in [1.54, 1.807) is 54.6 Å². The van der Waals surface area contributed by atoms with Gasteiger partial charge in [0, 0.05) is 10.7 Å². The Bertz CT molecular complexity index is 1370. The van der Waals surface area contributed by atoms with Gasteiger partial charge in [-0.2, -0.15) is 4.80 Å². The standard InChI is InChI=1S/C26H19ClN4O3/c27-18-11-14-20(15-12-18)31-29-23-16-13-19(17-24(23)30-31)28-25(32)26(33-21-7-3-1-4-8-21)34-22-9-5-2-6-10-22/h1-17,26H,(H,28,32). The summed E-state index contributed by atoms with van der Waals surface area (Å²) < 4.78 is 11.7. The molecule has 0 aliphatic carbocycles. The van der Waals surface area contributed by atoms with Crippen molar-refractivity contribution in [3.8, 4) is 17.2 Å². The fourth-order valence-electron chi connectivity index (χ4n) is 3.26. The molecule has 0 saturated carbocycles. The maximum atomic E-state index is 13.1. The van der Waals surface area contributed by atoms with E-state index in [1.807, 2.05) is 48.5 Å². The van der Waals surface area contributed by atoms with Crippen molar-refractivity contribution in [2.45, 2.75) is 6.29 Å². The maximum Gasteiger partial charge on any atom is 0.321 e. The molecule has 168 valence electrons. The number of aromatic nitrogens is 3. The molecule has 0 saturated heterocycles. The normalized spacial score (nSPS) is 10.9. The van der Waals surface area contributed by atoms with Crippen LogP contribution >= 0.6 is 11.6 Å². The number of ether oxygens (including phenoxy) is 2. The van der Waals surface area contributed by atoms with E-state index in [-0.39, 0.29) is 0 Å². The highest BCUT2D eigenvalue weighted by molar-refractivity contribution is 6.30. The zero-order valence-corrected chi connectivity index (χ0v) is 18.6. The van der Waals surface area contributed by atoms with Crippen LogP contribution in [0.15, 0.2) is 103 Å². The van der Waals surface area contributed by atoms with E-state index in [1.165, 1.54) is 4.80 Å². The van der Waals surface area contributed by atoms with Crippen LogP contribution in [-0.4, -0.2) is 27.2 Å². The number of nitrogens with zero attached hydrogens (tertiary/aromatic N) is 3. The molecule has 1 heterocycles. The number of amides is 1. The average Bonchev–Trinajstić information content (AvgIpc) is 3.29. The van der Waals surface area contributed by atoms with Gasteiger partial charge in [0.05, 0.1) is 5.69 Å². The van der Waals surface area contributed by atoms with Gasteiger partial charge in [-0.05, 0) is 66.7 Å². The average molecular weight is 471 g/mol. The molecule has 0 fully saturated rings. The van der Waals surface area contributed by atoms with Crippen LogP contribution in [-0.2, 0) is 4.79 Å². The molecule has 0 aliphatic heterocycles. The highest BCUT2D eigenvalue weighted by Gasteiger charge is 2.23. The minimum atomic E-state index is -1.20. The monoisotopic (exact) mass is 470 g/mol. The number of carbonyl (C=O) groups excluding carboxylic acids is 1. The third-order valence-corrected chi connectivity index (χ3v) is 5.14. The number of nitrogens with one attached hydrogen (secondary N) is 1. The SMILES string of the molecule is O=C(Nc1ccc2nn(-c3ccc(Cl)cc3)nc2c1)C(Oc1ccccc1)Oc1ccccc1. The Labute approximate surface area is 200 Å². The van der Waals surface area contributed by atoms with Gasteiger partial charge >= 0.3 is 12.2 Å². The number of hydrogen-bond acceptors (Lipinski definition) is 5. The Kier molecular flexibility index (Phi) is 6.09. The summed E-state index contributed by atoms with van der Waals surface area (Å²) in [6.45, 7) is 0. The first-order valence-corrected chi connectivity index (χ1v) is 10.9. The van der Waals surface area contributed by atoms with Gasteiger partial charge in [-0.25, -0.2) is 0 Å². The Morgan fingerprint density at radius 3 is 1.97 bits per heavy atom. The van der Waals surface area contributed by atoms with E-state index in [0.717, 1.165) is 5.69 Å². The van der Waals surface area contributed by atoms with E-state index in [4.69, 9.17) is 21.1 Å². The van der Waals surface area contributed by atoms with Crippen molar-refractivity contribution in [2.75, 3.05) is 5.32 Å². The molecule has 0 atom stereocenters. The quantitative estimate of drug-likeness (QED) is 0.318. The Morgan fingerprint density at radius 1 is 0.765 bits per heavy atom. The van der Waals surface area contributed by atoms with Gasteiger partial charge in [-0.3, -0.25) is 4.79 Å². The molecule has 0 bridgehead atoms. The van der Waals surface area contributed by atoms with Crippen LogP contribution in [0.2, 0.25) is 5.02 Å². The van der Waals surface area contributed by atoms with Crippen LogP contribution in [0.25, 0.3) is 16.7 Å². The van der Waals surface area contributed by atoms with Crippen LogP contribution < -0.4 is 14.8 Å². The largest absolute Gasteiger partial charge is 0.446 e. The molecule has 7 nitrogen and oxygen atoms in total. The fraction of sp³-hybridized carbons (Fsp3) is 0.0385. The van der Waals surface area contributed by atoms with E-state index >= 15 is 0 Å². The lowest BCUT2D eigenvalue weighted by Crippen LogP contribution is -2.38. The van der Waals surface area contributed by atoms with Gasteiger partial charge in [-0.1, -0.05) is 48.0 Å². The molecule has 5 rings (SSSR count). The summed E-state index contributed by atoms with van der Waals surface area (Å²) in [5, 5.41) is 12.5. The van der Waals surface area contributed by atoms with Crippen molar-refractivity contribution < 1.29 is 14.3 Å². The van der Waals surface area contributed by atoms with Crippen molar-refractivity contribution in [3.05, 3.63) is 108 Å². The topological polar surface area (TPSA) is 78.3 Å². The summed E-state index contributed by atoms with van der Waals surface area (Å²) in [5.41, 5.74) is 2.63. The molecule has 8 heteroatoms. The summed E-state index contributed by atoms with van der Waals surface area (Å²) in [4.78, 5) is 14.6. The van der Waals surface area contributed by atoms with E-state index < -0.39 is 12.2 Å². The molecule has 5 aromatic rings. The lowest BCUT2D eigenvalue weighted by Gasteiger charge is -2.20. The first-order chi connectivity index (χ1) is 16.6. The molecular formula is C26H19ClN4O3. The number of benzene rings is 4. The lowest BCUT2D eigenvalue weighted by atomic mass is 10.2. The van der Waals surface area contributed by atoms with Gasteiger partial charge in [0.1, 0.15) is 22.5 Å². The minimum Gasteiger partial charge on any atom is -0.446 e. The highest BCUT2D eigenvalue weighted by Crippen LogP contribution is 2.21. The van der Waals surface area contributed by atoms with Crippen molar-refractivity contribution in [2.24, 2.45) is 0 Å². The van der Waals surface area contributed by atoms with Gasteiger partial charge in [0.15, 0.2) is 0 Å². The molecule has 0 radical (unpaired) electrons. The van der Waals surface area contributed by atoms with E-state index in [2.05, 4.69) is 15.5 Å². The van der Waals surface area contributed by atoms with Gasteiger partial charge in [-0.15, -0.1) is 10.2 Å². The molecule has 34 heavy (non-hydrogen) atoms. The Balaban J connectivity index is 1.37. The van der Waals surface area contributed by atoms with E-state index in [9.17, 15) is 4.79 Å². The van der Waals surface area contributed by atoms with E-state index in [0.29, 0.717) is 33.2 Å².